The van der Waals surface area contributed by atoms with Crippen molar-refractivity contribution < 1.29 is 27.9 Å². The molecule has 4 heterocycles. The third-order valence-electron chi connectivity index (χ3n) is 9.12. The van der Waals surface area contributed by atoms with E-state index in [4.69, 9.17) is 0 Å². The third kappa shape index (κ3) is 6.85. The molecule has 4 aromatic rings. The Morgan fingerprint density at radius 3 is 0.583 bits per heavy atom. The molecule has 248 valence electrons. The molecule has 0 saturated heterocycles. The van der Waals surface area contributed by atoms with Gasteiger partial charge in [0.2, 0.25) is 0 Å². The van der Waals surface area contributed by atoms with Crippen molar-refractivity contribution >= 4 is 34.4 Å². The monoisotopic (exact) mass is 644 g/mol. The maximum atomic E-state index is 15.1. The number of pyridine rings is 4. The fourth-order valence-corrected chi connectivity index (χ4v) is 5.91. The van der Waals surface area contributed by atoms with Crippen LogP contribution in [0.1, 0.15) is 105 Å². The first-order valence-corrected chi connectivity index (χ1v) is 16.8. The topological polar surface area (TPSA) is 49.7 Å². The van der Waals surface area contributed by atoms with Crippen LogP contribution >= 0.6 is 0 Å². The first-order chi connectivity index (χ1) is 22.2. The first-order valence-electron chi connectivity index (χ1n) is 16.8. The highest BCUT2D eigenvalue weighted by atomic mass is 16.1. The summed E-state index contributed by atoms with van der Waals surface area (Å²) in [6, 6.07) is 16.2. The zero-order valence-corrected chi connectivity index (χ0v) is 30.8. The van der Waals surface area contributed by atoms with E-state index < -0.39 is 0 Å². The van der Waals surface area contributed by atoms with Crippen molar-refractivity contribution in [2.24, 2.45) is 0 Å². The smallest absolute Gasteiger partial charge is 0.274 e. The van der Waals surface area contributed by atoms with Gasteiger partial charge < -0.3 is 0 Å². The van der Waals surface area contributed by atoms with E-state index >= 15 is 9.59 Å². The van der Waals surface area contributed by atoms with Crippen LogP contribution in [0.25, 0.3) is 22.8 Å². The van der Waals surface area contributed by atoms with Crippen LogP contribution in [0.15, 0.2) is 98.1 Å². The minimum absolute atomic E-state index is 0.0705. The van der Waals surface area contributed by atoms with Gasteiger partial charge in [-0.05, 0) is 43.9 Å². The van der Waals surface area contributed by atoms with Gasteiger partial charge in [-0.2, -0.15) is 18.3 Å². The number of ketones is 2. The SMILES string of the molecule is CC(C)(C)c1cc[n+](C2=C([n+]3ccc(C(C)(C)C)cc3)C(=O)C([n+]3ccc(C(C)(C)C)cc3)=C([n+]3ccc(C(C)(C)C)cc3)C2=O)cc1. The largest absolute Gasteiger partial charge is 0.342 e. The average molecular weight is 645 g/mol. The summed E-state index contributed by atoms with van der Waals surface area (Å²) in [7, 11) is 0. The second-order valence-corrected chi connectivity index (χ2v) is 17.0. The molecule has 0 radical (unpaired) electrons. The zero-order valence-electron chi connectivity index (χ0n) is 30.8. The van der Waals surface area contributed by atoms with Crippen LogP contribution in [-0.4, -0.2) is 11.6 Å². The molecule has 0 amide bonds. The lowest BCUT2D eigenvalue weighted by Crippen LogP contribution is -2.55. The number of carbonyl (C=O) groups is 2. The summed E-state index contributed by atoms with van der Waals surface area (Å²) >= 11 is 0. The van der Waals surface area contributed by atoms with Gasteiger partial charge in [0, 0.05) is 48.5 Å². The molecule has 1 aliphatic rings. The Balaban J connectivity index is 1.81. The molecule has 0 bridgehead atoms. The second-order valence-electron chi connectivity index (χ2n) is 17.0. The second kappa shape index (κ2) is 12.1. The number of nitrogens with zero attached hydrogens (tertiary/aromatic N) is 4. The van der Waals surface area contributed by atoms with Crippen molar-refractivity contribution in [1.82, 2.24) is 0 Å². The standard InChI is InChI=1S/C42H52N4O2/c1-39(2,3)29-13-21-43(22-14-29)33-34(44-23-15-30(16-24-44)40(4,5)6)38(48)36(46-27-19-32(20-28-46)42(10,11)12)35(37(33)47)45-25-17-31(18-26-45)41(7,8)9/h13-28H,1-12H3/q+4. The molecule has 0 aromatic carbocycles. The van der Waals surface area contributed by atoms with Gasteiger partial charge >= 0.3 is 34.4 Å². The molecule has 1 aliphatic carbocycles. The minimum Gasteiger partial charge on any atom is -0.274 e. The molecule has 5 rings (SSSR count). The van der Waals surface area contributed by atoms with Gasteiger partial charge in [-0.1, -0.05) is 83.1 Å². The van der Waals surface area contributed by atoms with Crippen molar-refractivity contribution in [3.8, 4) is 0 Å². The molecule has 0 unspecified atom stereocenters. The Morgan fingerprint density at radius 1 is 0.312 bits per heavy atom. The van der Waals surface area contributed by atoms with Crippen LogP contribution in [0.3, 0.4) is 0 Å². The third-order valence-corrected chi connectivity index (χ3v) is 9.12. The molecule has 0 atom stereocenters. The van der Waals surface area contributed by atoms with E-state index in [1.54, 1.807) is 18.3 Å². The quantitative estimate of drug-likeness (QED) is 0.187. The van der Waals surface area contributed by atoms with Crippen LogP contribution in [-0.2, 0) is 31.2 Å². The van der Waals surface area contributed by atoms with E-state index in [0.717, 1.165) is 22.3 Å². The highest BCUT2D eigenvalue weighted by molar-refractivity contribution is 6.55. The summed E-state index contributed by atoms with van der Waals surface area (Å²) in [4.78, 5) is 30.2. The summed E-state index contributed by atoms with van der Waals surface area (Å²) < 4.78 is 7.18. The van der Waals surface area contributed by atoms with Gasteiger partial charge in [0.25, 0.3) is 0 Å². The Bertz CT molecular complexity index is 1630. The lowest BCUT2D eigenvalue weighted by Gasteiger charge is -2.19. The lowest BCUT2D eigenvalue weighted by atomic mass is 9.87. The Morgan fingerprint density at radius 2 is 0.458 bits per heavy atom. The van der Waals surface area contributed by atoms with Gasteiger partial charge in [-0.25, -0.2) is 0 Å². The molecule has 6 heteroatoms. The molecule has 48 heavy (non-hydrogen) atoms. The lowest BCUT2D eigenvalue weighted by molar-refractivity contribution is -0.616. The van der Waals surface area contributed by atoms with E-state index in [-0.39, 0.29) is 33.2 Å². The van der Waals surface area contributed by atoms with E-state index in [9.17, 15) is 0 Å². The Hall–Kier alpha value is -4.58. The molecular formula is C42H52N4O2+4. The fourth-order valence-electron chi connectivity index (χ4n) is 5.91. The summed E-state index contributed by atoms with van der Waals surface area (Å²) in [5.41, 5.74) is 5.45. The fraction of sp³-hybridized carbons (Fsp3) is 0.381. The van der Waals surface area contributed by atoms with Crippen molar-refractivity contribution in [2.45, 2.75) is 105 Å². The van der Waals surface area contributed by atoms with E-state index in [1.165, 1.54) is 0 Å². The van der Waals surface area contributed by atoms with Crippen LogP contribution in [0, 0.1) is 0 Å². The molecule has 0 saturated carbocycles. The van der Waals surface area contributed by atoms with E-state index in [1.807, 2.05) is 98.1 Å². The molecule has 0 N–H and O–H groups in total. The zero-order chi connectivity index (χ0) is 35.4. The first kappa shape index (κ1) is 34.7. The predicted molar refractivity (Wildman–Crippen MR) is 190 cm³/mol. The Labute approximate surface area is 286 Å². The highest BCUT2D eigenvalue weighted by Gasteiger charge is 2.55. The van der Waals surface area contributed by atoms with Crippen LogP contribution in [0.2, 0.25) is 0 Å². The van der Waals surface area contributed by atoms with Crippen LogP contribution < -0.4 is 18.3 Å². The number of rotatable bonds is 4. The van der Waals surface area contributed by atoms with Gasteiger partial charge in [-0.15, -0.1) is 0 Å². The average Bonchev–Trinajstić information content (AvgIpc) is 3.00. The number of aromatic nitrogens is 4. The van der Waals surface area contributed by atoms with Crippen molar-refractivity contribution in [2.75, 3.05) is 0 Å². The van der Waals surface area contributed by atoms with Crippen LogP contribution in [0.4, 0.5) is 0 Å². The molecule has 0 spiro atoms. The van der Waals surface area contributed by atoms with E-state index in [0.29, 0.717) is 22.8 Å². The summed E-state index contributed by atoms with van der Waals surface area (Å²) in [5.74, 6) is -0.497. The predicted octanol–water partition coefficient (Wildman–Crippen LogP) is 6.53. The van der Waals surface area contributed by atoms with Crippen molar-refractivity contribution in [1.29, 1.82) is 0 Å². The van der Waals surface area contributed by atoms with Gasteiger partial charge in [0.15, 0.2) is 49.6 Å². The minimum atomic E-state index is -0.249. The normalized spacial score (nSPS) is 15.0. The molecule has 4 aromatic heterocycles. The van der Waals surface area contributed by atoms with Gasteiger partial charge in [0.1, 0.15) is 0 Å². The molecular weight excluding hydrogens is 592 g/mol. The summed E-state index contributed by atoms with van der Waals surface area (Å²) in [5, 5.41) is 0. The molecule has 0 aliphatic heterocycles. The number of hydrogen-bond donors (Lipinski definition) is 0. The van der Waals surface area contributed by atoms with Crippen molar-refractivity contribution in [3.63, 3.8) is 0 Å². The van der Waals surface area contributed by atoms with Gasteiger partial charge in [0.05, 0.1) is 0 Å². The number of hydrogen-bond acceptors (Lipinski definition) is 2. The highest BCUT2D eigenvalue weighted by Crippen LogP contribution is 2.29. The Kier molecular flexibility index (Phi) is 8.79. The molecule has 0 fully saturated rings. The number of allylic oxidation sites excluding steroid dienone is 4. The molecule has 6 nitrogen and oxygen atoms in total. The summed E-state index contributed by atoms with van der Waals surface area (Å²) in [6.45, 7) is 25.9. The number of Topliss-reactive ketones (excluding diaryl/α,β-unsaturated/α-hetero) is 2. The summed E-state index contributed by atoms with van der Waals surface area (Å²) in [6.07, 6.45) is 15.2. The van der Waals surface area contributed by atoms with Crippen LogP contribution in [0.5, 0.6) is 0 Å². The maximum Gasteiger partial charge on any atom is 0.342 e. The maximum absolute atomic E-state index is 15.1. The number of carbonyl (C=O) groups excluding carboxylic acids is 2. The van der Waals surface area contributed by atoms with E-state index in [2.05, 4.69) is 83.1 Å². The van der Waals surface area contributed by atoms with Crippen molar-refractivity contribution in [3.05, 3.63) is 120 Å². The van der Waals surface area contributed by atoms with Gasteiger partial charge in [-0.3, -0.25) is 9.59 Å².